The van der Waals surface area contributed by atoms with Crippen LogP contribution in [-0.4, -0.2) is 40.9 Å². The largest absolute Gasteiger partial charge is 0.491 e. The molecular weight excluding hydrogens is 388 g/mol. The highest BCUT2D eigenvalue weighted by Gasteiger charge is 2.18. The first-order chi connectivity index (χ1) is 13.5. The maximum atomic E-state index is 12.5. The molecule has 0 saturated carbocycles. The van der Waals surface area contributed by atoms with Gasteiger partial charge < -0.3 is 15.4 Å². The number of aromatic nitrogens is 2. The van der Waals surface area contributed by atoms with Gasteiger partial charge in [-0.3, -0.25) is 9.48 Å². The zero-order chi connectivity index (χ0) is 19.9. The van der Waals surface area contributed by atoms with Gasteiger partial charge in [-0.05, 0) is 76.8 Å². The van der Waals surface area contributed by atoms with Gasteiger partial charge in [-0.1, -0.05) is 12.1 Å². The number of amides is 1. The second-order valence-electron chi connectivity index (χ2n) is 7.90. The van der Waals surface area contributed by atoms with E-state index in [0.717, 1.165) is 44.5 Å². The number of nitrogens with zero attached hydrogens (tertiary/aromatic N) is 2. The first-order valence-electron chi connectivity index (χ1n) is 10.3. The third kappa shape index (κ3) is 7.05. The summed E-state index contributed by atoms with van der Waals surface area (Å²) in [5.41, 5.74) is 1.74. The summed E-state index contributed by atoms with van der Waals surface area (Å²) >= 11 is 0. The van der Waals surface area contributed by atoms with Crippen molar-refractivity contribution in [1.29, 1.82) is 0 Å². The van der Waals surface area contributed by atoms with Gasteiger partial charge in [-0.25, -0.2) is 0 Å². The molecule has 160 valence electrons. The minimum Gasteiger partial charge on any atom is -0.491 e. The van der Waals surface area contributed by atoms with E-state index in [9.17, 15) is 4.79 Å². The Hall–Kier alpha value is -2.05. The lowest BCUT2D eigenvalue weighted by Crippen LogP contribution is -2.34. The van der Waals surface area contributed by atoms with Gasteiger partial charge in [0.2, 0.25) is 0 Å². The van der Waals surface area contributed by atoms with Crippen molar-refractivity contribution in [3.63, 3.8) is 0 Å². The minimum atomic E-state index is -0.101. The molecule has 2 heterocycles. The molecule has 29 heavy (non-hydrogen) atoms. The molecule has 0 aliphatic carbocycles. The van der Waals surface area contributed by atoms with Gasteiger partial charge in [0, 0.05) is 18.8 Å². The Balaban J connectivity index is 0.00000300. The van der Waals surface area contributed by atoms with Crippen molar-refractivity contribution >= 4 is 18.3 Å². The molecule has 1 aromatic heterocycles. The molecule has 3 rings (SSSR count). The van der Waals surface area contributed by atoms with Gasteiger partial charge in [0.15, 0.2) is 0 Å². The molecule has 1 fully saturated rings. The van der Waals surface area contributed by atoms with E-state index >= 15 is 0 Å². The second kappa shape index (κ2) is 11.2. The molecule has 2 unspecified atom stereocenters. The lowest BCUT2D eigenvalue weighted by atomic mass is 10.1. The zero-order valence-electron chi connectivity index (χ0n) is 17.6. The highest BCUT2D eigenvalue weighted by Crippen LogP contribution is 2.17. The Morgan fingerprint density at radius 3 is 2.69 bits per heavy atom. The van der Waals surface area contributed by atoms with Crippen molar-refractivity contribution in [2.75, 3.05) is 13.1 Å². The molecule has 1 amide bonds. The number of carbonyl (C=O) groups is 1. The standard InChI is InChI=1S/C22H32N4O2.ClH/c1-16(2)28-20-10-8-18(9-11-20)7-6-17(3)24-22(27)21-12-14-26(25-21)19-5-4-13-23-15-19;/h8-12,14,16-17,19,23H,4-7,13,15H2,1-3H3,(H,24,27);1H. The van der Waals surface area contributed by atoms with E-state index in [1.165, 1.54) is 5.56 Å². The molecule has 2 atom stereocenters. The van der Waals surface area contributed by atoms with Gasteiger partial charge in [0.1, 0.15) is 11.4 Å². The summed E-state index contributed by atoms with van der Waals surface area (Å²) in [6.45, 7) is 8.06. The molecule has 7 heteroatoms. The van der Waals surface area contributed by atoms with Gasteiger partial charge in [0.05, 0.1) is 12.1 Å². The highest BCUT2D eigenvalue weighted by molar-refractivity contribution is 5.92. The van der Waals surface area contributed by atoms with Crippen molar-refractivity contribution in [3.8, 4) is 5.75 Å². The molecule has 6 nitrogen and oxygen atoms in total. The second-order valence-corrected chi connectivity index (χ2v) is 7.90. The van der Waals surface area contributed by atoms with E-state index in [1.54, 1.807) is 0 Å². The average Bonchev–Trinajstić information content (AvgIpc) is 3.18. The number of ether oxygens (including phenoxy) is 1. The van der Waals surface area contributed by atoms with Gasteiger partial charge >= 0.3 is 0 Å². The monoisotopic (exact) mass is 420 g/mol. The van der Waals surface area contributed by atoms with Crippen LogP contribution in [0.25, 0.3) is 0 Å². The predicted octanol–water partition coefficient (Wildman–Crippen LogP) is 3.77. The van der Waals surface area contributed by atoms with E-state index in [4.69, 9.17) is 4.74 Å². The molecule has 1 aliphatic heterocycles. The Morgan fingerprint density at radius 1 is 1.28 bits per heavy atom. The van der Waals surface area contributed by atoms with Crippen LogP contribution in [0.1, 0.15) is 62.1 Å². The van der Waals surface area contributed by atoms with E-state index in [0.29, 0.717) is 11.7 Å². The summed E-state index contributed by atoms with van der Waals surface area (Å²) in [6.07, 6.45) is 6.13. The maximum Gasteiger partial charge on any atom is 0.271 e. The fourth-order valence-corrected chi connectivity index (χ4v) is 3.48. The Labute approximate surface area is 179 Å². The summed E-state index contributed by atoms with van der Waals surface area (Å²) in [6, 6.07) is 10.4. The van der Waals surface area contributed by atoms with Crippen molar-refractivity contribution in [2.45, 2.75) is 64.6 Å². The Bertz CT molecular complexity index is 754. The summed E-state index contributed by atoms with van der Waals surface area (Å²) < 4.78 is 7.60. The van der Waals surface area contributed by atoms with Crippen molar-refractivity contribution < 1.29 is 9.53 Å². The molecule has 0 radical (unpaired) electrons. The lowest BCUT2D eigenvalue weighted by molar-refractivity contribution is 0.0932. The first kappa shape index (κ1) is 23.2. The highest BCUT2D eigenvalue weighted by atomic mass is 35.5. The number of rotatable bonds is 8. The molecule has 0 bridgehead atoms. The van der Waals surface area contributed by atoms with Crippen LogP contribution >= 0.6 is 12.4 Å². The Morgan fingerprint density at radius 2 is 2.03 bits per heavy atom. The summed E-state index contributed by atoms with van der Waals surface area (Å²) in [5.74, 6) is 0.791. The fourth-order valence-electron chi connectivity index (χ4n) is 3.48. The molecular formula is C22H33ClN4O2. The number of benzene rings is 1. The fraction of sp³-hybridized carbons (Fsp3) is 0.545. The zero-order valence-corrected chi connectivity index (χ0v) is 18.4. The number of hydrogen-bond acceptors (Lipinski definition) is 4. The summed E-state index contributed by atoms with van der Waals surface area (Å²) in [4.78, 5) is 12.5. The van der Waals surface area contributed by atoms with Crippen LogP contribution in [0, 0.1) is 0 Å². The van der Waals surface area contributed by atoms with Crippen LogP contribution in [0.4, 0.5) is 0 Å². The van der Waals surface area contributed by atoms with Crippen LogP contribution in [0.3, 0.4) is 0 Å². The molecule has 1 saturated heterocycles. The van der Waals surface area contributed by atoms with Crippen LogP contribution in [-0.2, 0) is 6.42 Å². The van der Waals surface area contributed by atoms with Crippen molar-refractivity contribution in [3.05, 3.63) is 47.8 Å². The first-order valence-corrected chi connectivity index (χ1v) is 10.3. The van der Waals surface area contributed by atoms with Gasteiger partial charge in [-0.15, -0.1) is 12.4 Å². The lowest BCUT2D eigenvalue weighted by Gasteiger charge is -2.22. The van der Waals surface area contributed by atoms with Gasteiger partial charge in [-0.2, -0.15) is 5.10 Å². The van der Waals surface area contributed by atoms with E-state index in [2.05, 4.69) is 27.9 Å². The van der Waals surface area contributed by atoms with E-state index in [1.807, 2.05) is 49.8 Å². The molecule has 1 aliphatic rings. The van der Waals surface area contributed by atoms with Gasteiger partial charge in [0.25, 0.3) is 5.91 Å². The maximum absolute atomic E-state index is 12.5. The number of hydrogen-bond donors (Lipinski definition) is 2. The number of aryl methyl sites for hydroxylation is 1. The average molecular weight is 421 g/mol. The molecule has 2 N–H and O–H groups in total. The third-order valence-electron chi connectivity index (χ3n) is 5.02. The smallest absolute Gasteiger partial charge is 0.271 e. The third-order valence-corrected chi connectivity index (χ3v) is 5.02. The van der Waals surface area contributed by atoms with Crippen LogP contribution in [0.15, 0.2) is 36.5 Å². The molecule has 0 spiro atoms. The quantitative estimate of drug-likeness (QED) is 0.682. The number of piperidine rings is 1. The van der Waals surface area contributed by atoms with Crippen LogP contribution in [0.5, 0.6) is 5.75 Å². The number of nitrogens with one attached hydrogen (secondary N) is 2. The van der Waals surface area contributed by atoms with Crippen molar-refractivity contribution in [2.24, 2.45) is 0 Å². The molecule has 2 aromatic rings. The number of halogens is 1. The Kier molecular flexibility index (Phi) is 8.99. The molecule has 1 aromatic carbocycles. The minimum absolute atomic E-state index is 0. The van der Waals surface area contributed by atoms with Crippen molar-refractivity contribution in [1.82, 2.24) is 20.4 Å². The predicted molar refractivity (Wildman–Crippen MR) is 118 cm³/mol. The SMILES string of the molecule is CC(CCc1ccc(OC(C)C)cc1)NC(=O)c1ccn(C2CCCNC2)n1.Cl. The summed E-state index contributed by atoms with van der Waals surface area (Å²) in [5, 5.41) is 10.9. The van der Waals surface area contributed by atoms with E-state index in [-0.39, 0.29) is 30.5 Å². The number of carbonyl (C=O) groups excluding carboxylic acids is 1. The topological polar surface area (TPSA) is 68.2 Å². The van der Waals surface area contributed by atoms with Crippen LogP contribution in [0.2, 0.25) is 0 Å². The van der Waals surface area contributed by atoms with E-state index < -0.39 is 0 Å². The summed E-state index contributed by atoms with van der Waals surface area (Å²) in [7, 11) is 0. The van der Waals surface area contributed by atoms with Crippen LogP contribution < -0.4 is 15.4 Å². The normalized spacial score (nSPS) is 17.4.